The number of nitrogens with one attached hydrogen (secondary N) is 2. The first-order chi connectivity index (χ1) is 14.1. The molecule has 30 heavy (non-hydrogen) atoms. The molecule has 3 rings (SSSR count). The van der Waals surface area contributed by atoms with Gasteiger partial charge in [-0.2, -0.15) is 0 Å². The Labute approximate surface area is 176 Å². The average molecular weight is 419 g/mol. The molecule has 1 aromatic carbocycles. The summed E-state index contributed by atoms with van der Waals surface area (Å²) in [7, 11) is 0. The van der Waals surface area contributed by atoms with Crippen LogP contribution in [0.3, 0.4) is 0 Å². The summed E-state index contributed by atoms with van der Waals surface area (Å²) in [6, 6.07) is 4.29. The van der Waals surface area contributed by atoms with Crippen LogP contribution in [0.2, 0.25) is 0 Å². The summed E-state index contributed by atoms with van der Waals surface area (Å²) in [5.41, 5.74) is 0.537. The molecule has 2 N–H and O–H groups in total. The number of benzene rings is 1. The van der Waals surface area contributed by atoms with E-state index in [9.17, 15) is 18.8 Å². The number of esters is 1. The number of nitrogens with zero attached hydrogens (tertiary/aromatic N) is 1. The van der Waals surface area contributed by atoms with E-state index in [1.54, 1.807) is 12.1 Å². The molecule has 8 heteroatoms. The molecular weight excluding hydrogens is 389 g/mol. The molecule has 0 aromatic heterocycles. The monoisotopic (exact) mass is 419 g/mol. The van der Waals surface area contributed by atoms with Crippen LogP contribution in [0.4, 0.5) is 15.8 Å². The Bertz CT molecular complexity index is 813. The largest absolute Gasteiger partial charge is 0.460 e. The van der Waals surface area contributed by atoms with Gasteiger partial charge < -0.3 is 15.0 Å². The lowest BCUT2D eigenvalue weighted by atomic mass is 9.93. The topological polar surface area (TPSA) is 87.7 Å². The first-order valence-electron chi connectivity index (χ1n) is 10.5. The van der Waals surface area contributed by atoms with Gasteiger partial charge in [-0.15, -0.1) is 0 Å². The van der Waals surface area contributed by atoms with E-state index in [4.69, 9.17) is 4.74 Å². The Morgan fingerprint density at radius 3 is 2.53 bits per heavy atom. The fourth-order valence-corrected chi connectivity index (χ4v) is 3.88. The van der Waals surface area contributed by atoms with Gasteiger partial charge in [-0.25, -0.2) is 4.39 Å². The van der Waals surface area contributed by atoms with E-state index < -0.39 is 11.6 Å². The number of piperidine rings is 2. The van der Waals surface area contributed by atoms with Gasteiger partial charge in [0.25, 0.3) is 0 Å². The highest BCUT2D eigenvalue weighted by molar-refractivity contribution is 6.01. The second-order valence-electron chi connectivity index (χ2n) is 9.04. The normalized spacial score (nSPS) is 20.7. The number of anilines is 2. The number of carbonyl (C=O) groups excluding carboxylic acids is 3. The molecule has 2 amide bonds. The minimum Gasteiger partial charge on any atom is -0.460 e. The number of ether oxygens (including phenoxy) is 1. The maximum absolute atomic E-state index is 14.7. The highest BCUT2D eigenvalue weighted by Gasteiger charge is 2.28. The minimum atomic E-state index is -0.545. The molecule has 0 saturated carbocycles. The van der Waals surface area contributed by atoms with E-state index >= 15 is 0 Å². The molecule has 2 heterocycles. The van der Waals surface area contributed by atoms with Crippen molar-refractivity contribution in [1.82, 2.24) is 5.32 Å². The summed E-state index contributed by atoms with van der Waals surface area (Å²) in [5.74, 6) is -0.973. The highest BCUT2D eigenvalue weighted by Crippen LogP contribution is 2.29. The summed E-state index contributed by atoms with van der Waals surface area (Å²) in [5, 5.41) is 5.28. The second kappa shape index (κ2) is 9.02. The van der Waals surface area contributed by atoms with Crippen molar-refractivity contribution < 1.29 is 23.5 Å². The Kier molecular flexibility index (Phi) is 6.63. The molecule has 0 spiro atoms. The van der Waals surface area contributed by atoms with Gasteiger partial charge in [-0.1, -0.05) is 0 Å². The molecule has 2 aliphatic heterocycles. The van der Waals surface area contributed by atoms with Crippen molar-refractivity contribution in [2.75, 3.05) is 23.3 Å². The molecule has 2 aliphatic rings. The van der Waals surface area contributed by atoms with E-state index in [0.717, 1.165) is 12.8 Å². The molecule has 0 aliphatic carbocycles. The standard InChI is InChI=1S/C22H30FN3O4/c1-22(2,3)30-20(28)12-14-8-10-26(11-9-14)18-6-4-15(13-16(18)23)24-17-5-7-19(27)25-21(17)29/h4,6,13-14,17,24H,5,7-12H2,1-3H3,(H,25,27,29). The van der Waals surface area contributed by atoms with Gasteiger partial charge in [-0.3, -0.25) is 19.7 Å². The average Bonchev–Trinajstić information content (AvgIpc) is 2.63. The molecule has 164 valence electrons. The summed E-state index contributed by atoms with van der Waals surface area (Å²) in [6.45, 7) is 6.91. The van der Waals surface area contributed by atoms with Gasteiger partial charge in [0.1, 0.15) is 17.5 Å². The van der Waals surface area contributed by atoms with Gasteiger partial charge in [0.2, 0.25) is 11.8 Å². The van der Waals surface area contributed by atoms with Crippen LogP contribution >= 0.6 is 0 Å². The zero-order valence-corrected chi connectivity index (χ0v) is 17.8. The zero-order chi connectivity index (χ0) is 21.9. The lowest BCUT2D eigenvalue weighted by Gasteiger charge is -2.34. The van der Waals surface area contributed by atoms with Gasteiger partial charge in [0.05, 0.1) is 5.69 Å². The fourth-order valence-electron chi connectivity index (χ4n) is 3.88. The lowest BCUT2D eigenvalue weighted by Crippen LogP contribution is -2.47. The maximum Gasteiger partial charge on any atom is 0.306 e. The van der Waals surface area contributed by atoms with Crippen LogP contribution in [0.25, 0.3) is 0 Å². The number of rotatable bonds is 5. The number of imide groups is 1. The fraction of sp³-hybridized carbons (Fsp3) is 0.591. The number of hydrogen-bond acceptors (Lipinski definition) is 6. The summed E-state index contributed by atoms with van der Waals surface area (Å²) in [4.78, 5) is 37.1. The molecule has 0 radical (unpaired) electrons. The number of carbonyl (C=O) groups is 3. The molecule has 2 fully saturated rings. The summed E-state index contributed by atoms with van der Waals surface area (Å²) < 4.78 is 20.1. The quantitative estimate of drug-likeness (QED) is 0.564. The van der Waals surface area contributed by atoms with Crippen molar-refractivity contribution in [3.05, 3.63) is 24.0 Å². The molecule has 7 nitrogen and oxygen atoms in total. The molecule has 2 saturated heterocycles. The van der Waals surface area contributed by atoms with Crippen LogP contribution in [0, 0.1) is 11.7 Å². The highest BCUT2D eigenvalue weighted by atomic mass is 19.1. The molecule has 0 bridgehead atoms. The smallest absolute Gasteiger partial charge is 0.306 e. The van der Waals surface area contributed by atoms with E-state index in [2.05, 4.69) is 10.6 Å². The molecule has 1 aromatic rings. The summed E-state index contributed by atoms with van der Waals surface area (Å²) in [6.07, 6.45) is 2.65. The van der Waals surface area contributed by atoms with E-state index in [-0.39, 0.29) is 35.9 Å². The number of hydrogen-bond donors (Lipinski definition) is 2. The van der Waals surface area contributed by atoms with Gasteiger partial charge in [-0.05, 0) is 64.2 Å². The first-order valence-corrected chi connectivity index (χ1v) is 10.5. The van der Waals surface area contributed by atoms with Crippen molar-refractivity contribution in [1.29, 1.82) is 0 Å². The van der Waals surface area contributed by atoms with Gasteiger partial charge in [0, 0.05) is 31.6 Å². The maximum atomic E-state index is 14.7. The number of halogens is 1. The minimum absolute atomic E-state index is 0.184. The first kappa shape index (κ1) is 22.1. The lowest BCUT2D eigenvalue weighted by molar-refractivity contribution is -0.156. The zero-order valence-electron chi connectivity index (χ0n) is 17.8. The van der Waals surface area contributed by atoms with Crippen molar-refractivity contribution in [3.63, 3.8) is 0 Å². The van der Waals surface area contributed by atoms with Gasteiger partial charge >= 0.3 is 5.97 Å². The molecule has 1 atom stereocenters. The van der Waals surface area contributed by atoms with E-state index in [0.29, 0.717) is 37.3 Å². The third-order valence-corrected chi connectivity index (χ3v) is 5.36. The van der Waals surface area contributed by atoms with Crippen LogP contribution in [-0.4, -0.2) is 42.5 Å². The van der Waals surface area contributed by atoms with E-state index in [1.165, 1.54) is 6.07 Å². The third-order valence-electron chi connectivity index (χ3n) is 5.36. The second-order valence-corrected chi connectivity index (χ2v) is 9.04. The number of amides is 2. The van der Waals surface area contributed by atoms with Crippen molar-refractivity contribution in [3.8, 4) is 0 Å². The Hall–Kier alpha value is -2.64. The van der Waals surface area contributed by atoms with Crippen molar-refractivity contribution in [2.45, 2.75) is 64.5 Å². The van der Waals surface area contributed by atoms with E-state index in [1.807, 2.05) is 25.7 Å². The predicted molar refractivity (Wildman–Crippen MR) is 112 cm³/mol. The Balaban J connectivity index is 1.53. The molecular formula is C22H30FN3O4. The Morgan fingerprint density at radius 2 is 1.93 bits per heavy atom. The van der Waals surface area contributed by atoms with Crippen LogP contribution in [0.1, 0.15) is 52.9 Å². The third kappa shape index (κ3) is 5.93. The SMILES string of the molecule is CC(C)(C)OC(=O)CC1CCN(c2ccc(NC3CCC(=O)NC3=O)cc2F)CC1. The van der Waals surface area contributed by atoms with Gasteiger partial charge in [0.15, 0.2) is 0 Å². The predicted octanol–water partition coefficient (Wildman–Crippen LogP) is 2.99. The van der Waals surface area contributed by atoms with Crippen molar-refractivity contribution >= 4 is 29.2 Å². The van der Waals surface area contributed by atoms with Crippen LogP contribution < -0.4 is 15.5 Å². The Morgan fingerprint density at radius 1 is 1.23 bits per heavy atom. The van der Waals surface area contributed by atoms with Crippen LogP contribution in [0.15, 0.2) is 18.2 Å². The van der Waals surface area contributed by atoms with Crippen LogP contribution in [-0.2, 0) is 19.1 Å². The van der Waals surface area contributed by atoms with Crippen molar-refractivity contribution in [2.24, 2.45) is 5.92 Å². The van der Waals surface area contributed by atoms with Crippen LogP contribution in [0.5, 0.6) is 0 Å². The molecule has 1 unspecified atom stereocenters. The summed E-state index contributed by atoms with van der Waals surface area (Å²) >= 11 is 0.